The van der Waals surface area contributed by atoms with Gasteiger partial charge >= 0.3 is 6.18 Å². The van der Waals surface area contributed by atoms with Crippen LogP contribution in [0.2, 0.25) is 0 Å². The fraction of sp³-hybridized carbons (Fsp3) is 0.500. The molecule has 2 nitrogen and oxygen atoms in total. The van der Waals surface area contributed by atoms with E-state index in [9.17, 15) is 13.2 Å². The second-order valence-electron chi connectivity index (χ2n) is 4.18. The lowest BCUT2D eigenvalue weighted by Gasteiger charge is -2.29. The van der Waals surface area contributed by atoms with Crippen molar-refractivity contribution in [3.8, 4) is 0 Å². The molecule has 1 rings (SSSR count). The van der Waals surface area contributed by atoms with Gasteiger partial charge < -0.3 is 5.73 Å². The molecule has 0 aromatic heterocycles. The van der Waals surface area contributed by atoms with Crippen molar-refractivity contribution in [2.24, 2.45) is 5.73 Å². The van der Waals surface area contributed by atoms with Crippen LogP contribution in [0, 0.1) is 0 Å². The molecule has 0 aliphatic rings. The van der Waals surface area contributed by atoms with Crippen LogP contribution in [0.15, 0.2) is 28.7 Å². The molecule has 1 unspecified atom stereocenters. The topological polar surface area (TPSA) is 29.3 Å². The summed E-state index contributed by atoms with van der Waals surface area (Å²) in [5, 5.41) is 0. The number of alkyl halides is 3. The van der Waals surface area contributed by atoms with E-state index in [1.807, 2.05) is 12.1 Å². The Morgan fingerprint density at radius 2 is 2.06 bits per heavy atom. The van der Waals surface area contributed by atoms with E-state index in [2.05, 4.69) is 15.9 Å². The van der Waals surface area contributed by atoms with Crippen molar-refractivity contribution >= 4 is 15.9 Å². The first-order chi connectivity index (χ1) is 8.34. The molecule has 0 amide bonds. The van der Waals surface area contributed by atoms with Crippen LogP contribution >= 0.6 is 15.9 Å². The number of benzene rings is 1. The summed E-state index contributed by atoms with van der Waals surface area (Å²) in [7, 11) is 1.47. The van der Waals surface area contributed by atoms with Crippen LogP contribution in [0.25, 0.3) is 0 Å². The highest BCUT2D eigenvalue weighted by Crippen LogP contribution is 2.27. The van der Waals surface area contributed by atoms with Crippen LogP contribution in [0.3, 0.4) is 0 Å². The maximum atomic E-state index is 12.8. The summed E-state index contributed by atoms with van der Waals surface area (Å²) in [6, 6.07) is 5.76. The average molecular weight is 325 g/mol. The van der Waals surface area contributed by atoms with E-state index in [1.54, 1.807) is 12.1 Å². The van der Waals surface area contributed by atoms with Crippen molar-refractivity contribution in [2.75, 3.05) is 13.6 Å². The molecular weight excluding hydrogens is 309 g/mol. The molecule has 1 aromatic rings. The first kappa shape index (κ1) is 15.5. The molecule has 6 heteroatoms. The summed E-state index contributed by atoms with van der Waals surface area (Å²) >= 11 is 3.30. The summed E-state index contributed by atoms with van der Waals surface area (Å²) in [4.78, 5) is 1.29. The second kappa shape index (κ2) is 6.54. The van der Waals surface area contributed by atoms with E-state index in [0.717, 1.165) is 10.0 Å². The van der Waals surface area contributed by atoms with Gasteiger partial charge in [0.25, 0.3) is 0 Å². The number of nitrogens with two attached hydrogens (primary N) is 1. The SMILES string of the molecule is CN(Cc1cccc(Br)c1)C(CCN)C(F)(F)F. The summed E-state index contributed by atoms with van der Waals surface area (Å²) < 4.78 is 39.4. The van der Waals surface area contributed by atoms with E-state index in [1.165, 1.54) is 11.9 Å². The molecule has 0 aliphatic carbocycles. The second-order valence-corrected chi connectivity index (χ2v) is 5.10. The predicted octanol–water partition coefficient (Wildman–Crippen LogP) is 3.16. The van der Waals surface area contributed by atoms with Crippen LogP contribution in [0.1, 0.15) is 12.0 Å². The van der Waals surface area contributed by atoms with E-state index < -0.39 is 12.2 Å². The lowest BCUT2D eigenvalue weighted by molar-refractivity contribution is -0.182. The molecule has 0 spiro atoms. The highest BCUT2D eigenvalue weighted by molar-refractivity contribution is 9.10. The van der Waals surface area contributed by atoms with Crippen molar-refractivity contribution < 1.29 is 13.2 Å². The van der Waals surface area contributed by atoms with E-state index in [0.29, 0.717) is 0 Å². The third-order valence-corrected chi connectivity index (χ3v) is 3.16. The molecule has 1 atom stereocenters. The normalized spacial score (nSPS) is 13.9. The predicted molar refractivity (Wildman–Crippen MR) is 69.1 cm³/mol. The third-order valence-electron chi connectivity index (χ3n) is 2.67. The van der Waals surface area contributed by atoms with Crippen LogP contribution in [0.4, 0.5) is 13.2 Å². The van der Waals surface area contributed by atoms with Gasteiger partial charge in [0.05, 0.1) is 0 Å². The number of halogens is 4. The minimum atomic E-state index is -4.25. The minimum absolute atomic E-state index is 0.0208. The molecule has 1 aromatic carbocycles. The summed E-state index contributed by atoms with van der Waals surface area (Å²) in [6.07, 6.45) is -4.34. The maximum absolute atomic E-state index is 12.8. The zero-order valence-corrected chi connectivity index (χ0v) is 11.6. The van der Waals surface area contributed by atoms with Gasteiger partial charge in [-0.05, 0) is 37.7 Å². The molecule has 0 saturated carbocycles. The molecule has 0 saturated heterocycles. The molecule has 0 heterocycles. The first-order valence-electron chi connectivity index (χ1n) is 5.56. The third kappa shape index (κ3) is 4.59. The Labute approximate surface area is 113 Å². The molecule has 0 bridgehead atoms. The zero-order chi connectivity index (χ0) is 13.8. The summed E-state index contributed by atoms with van der Waals surface area (Å²) in [5.74, 6) is 0. The van der Waals surface area contributed by atoms with Crippen molar-refractivity contribution in [1.29, 1.82) is 0 Å². The monoisotopic (exact) mass is 324 g/mol. The van der Waals surface area contributed by atoms with Gasteiger partial charge in [-0.3, -0.25) is 4.90 Å². The Morgan fingerprint density at radius 3 is 2.56 bits per heavy atom. The van der Waals surface area contributed by atoms with Gasteiger partial charge in [0.1, 0.15) is 6.04 Å². The molecule has 102 valence electrons. The molecule has 0 aliphatic heterocycles. The molecule has 0 fully saturated rings. The van der Waals surface area contributed by atoms with Crippen LogP contribution in [-0.2, 0) is 6.54 Å². The van der Waals surface area contributed by atoms with Crippen molar-refractivity contribution in [3.63, 3.8) is 0 Å². The van der Waals surface area contributed by atoms with Crippen molar-refractivity contribution in [3.05, 3.63) is 34.3 Å². The summed E-state index contributed by atoms with van der Waals surface area (Å²) in [6.45, 7) is 0.261. The molecule has 0 radical (unpaired) electrons. The average Bonchev–Trinajstić information content (AvgIpc) is 2.24. The molecule has 18 heavy (non-hydrogen) atoms. The van der Waals surface area contributed by atoms with Gasteiger partial charge in [-0.1, -0.05) is 28.1 Å². The fourth-order valence-corrected chi connectivity index (χ4v) is 2.27. The Hall–Kier alpha value is -0.590. The number of hydrogen-bond donors (Lipinski definition) is 1. The van der Waals surface area contributed by atoms with Gasteiger partial charge in [-0.15, -0.1) is 0 Å². The van der Waals surface area contributed by atoms with E-state index in [-0.39, 0.29) is 19.5 Å². The van der Waals surface area contributed by atoms with Crippen molar-refractivity contribution in [1.82, 2.24) is 4.90 Å². The Morgan fingerprint density at radius 1 is 1.39 bits per heavy atom. The van der Waals surface area contributed by atoms with Crippen LogP contribution in [-0.4, -0.2) is 30.7 Å². The Bertz CT molecular complexity index is 382. The van der Waals surface area contributed by atoms with E-state index >= 15 is 0 Å². The largest absolute Gasteiger partial charge is 0.404 e. The minimum Gasteiger partial charge on any atom is -0.330 e. The van der Waals surface area contributed by atoms with E-state index in [4.69, 9.17) is 5.73 Å². The standard InChI is InChI=1S/C12H16BrF3N2/c1-18(11(5-6-17)12(14,15)16)8-9-3-2-4-10(13)7-9/h2-4,7,11H,5-6,8,17H2,1H3. The van der Waals surface area contributed by atoms with Crippen molar-refractivity contribution in [2.45, 2.75) is 25.2 Å². The quantitative estimate of drug-likeness (QED) is 0.901. The van der Waals surface area contributed by atoms with Crippen LogP contribution in [0.5, 0.6) is 0 Å². The number of hydrogen-bond acceptors (Lipinski definition) is 2. The molecular formula is C12H16BrF3N2. The van der Waals surface area contributed by atoms with Crippen LogP contribution < -0.4 is 5.73 Å². The zero-order valence-electron chi connectivity index (χ0n) is 10.0. The van der Waals surface area contributed by atoms with Gasteiger partial charge in [0.2, 0.25) is 0 Å². The lowest BCUT2D eigenvalue weighted by atomic mass is 10.1. The summed E-state index contributed by atoms with van der Waals surface area (Å²) in [5.41, 5.74) is 6.08. The highest BCUT2D eigenvalue weighted by atomic mass is 79.9. The van der Waals surface area contributed by atoms with Gasteiger partial charge in [-0.2, -0.15) is 13.2 Å². The molecule has 2 N–H and O–H groups in total. The van der Waals surface area contributed by atoms with Gasteiger partial charge in [0.15, 0.2) is 0 Å². The Balaban J connectivity index is 2.75. The first-order valence-corrected chi connectivity index (χ1v) is 6.35. The Kier molecular flexibility index (Phi) is 5.62. The van der Waals surface area contributed by atoms with Gasteiger partial charge in [0, 0.05) is 11.0 Å². The number of nitrogens with zero attached hydrogens (tertiary/aromatic N) is 1. The maximum Gasteiger partial charge on any atom is 0.404 e. The smallest absolute Gasteiger partial charge is 0.330 e. The fourth-order valence-electron chi connectivity index (χ4n) is 1.83. The lowest BCUT2D eigenvalue weighted by Crippen LogP contribution is -2.44. The van der Waals surface area contributed by atoms with Gasteiger partial charge in [-0.25, -0.2) is 0 Å². The highest BCUT2D eigenvalue weighted by Gasteiger charge is 2.41. The number of rotatable bonds is 5.